The van der Waals surface area contributed by atoms with E-state index in [2.05, 4.69) is 27.0 Å². The first-order valence-corrected chi connectivity index (χ1v) is 11.5. The first-order chi connectivity index (χ1) is 14.1. The molecule has 1 amide bonds. The number of aromatic nitrogens is 3. The van der Waals surface area contributed by atoms with Gasteiger partial charge in [0.1, 0.15) is 5.82 Å². The number of carbonyl (C=O) groups excluding carboxylic acids is 1. The van der Waals surface area contributed by atoms with Gasteiger partial charge in [0.25, 0.3) is 0 Å². The Labute approximate surface area is 179 Å². The summed E-state index contributed by atoms with van der Waals surface area (Å²) in [6.07, 6.45) is 1.73. The molecule has 29 heavy (non-hydrogen) atoms. The van der Waals surface area contributed by atoms with Gasteiger partial charge in [-0.25, -0.2) is 0 Å². The first kappa shape index (κ1) is 21.5. The molecule has 3 aromatic rings. The highest BCUT2D eigenvalue weighted by Crippen LogP contribution is 2.24. The Bertz CT molecular complexity index is 879. The van der Waals surface area contributed by atoms with Gasteiger partial charge in [0, 0.05) is 30.1 Å². The Hall–Kier alpha value is -2.16. The molecule has 1 aromatic carbocycles. The fourth-order valence-corrected chi connectivity index (χ4v) is 4.22. The van der Waals surface area contributed by atoms with Crippen LogP contribution in [0, 0.1) is 0 Å². The van der Waals surface area contributed by atoms with Crippen molar-refractivity contribution in [3.8, 4) is 5.69 Å². The quantitative estimate of drug-likeness (QED) is 0.369. The third-order valence-electron chi connectivity index (χ3n) is 4.05. The zero-order valence-corrected chi connectivity index (χ0v) is 18.3. The monoisotopic (exact) mass is 430 g/mol. The molecule has 0 bridgehead atoms. The Morgan fingerprint density at radius 3 is 2.76 bits per heavy atom. The van der Waals surface area contributed by atoms with Crippen LogP contribution in [0.4, 0.5) is 0 Å². The summed E-state index contributed by atoms with van der Waals surface area (Å²) < 4.78 is 7.52. The average Bonchev–Trinajstić information content (AvgIpc) is 3.37. The Balaban J connectivity index is 1.61. The number of benzene rings is 1. The van der Waals surface area contributed by atoms with Crippen LogP contribution >= 0.6 is 23.1 Å². The summed E-state index contributed by atoms with van der Waals surface area (Å²) in [4.78, 5) is 13.4. The molecule has 0 fully saturated rings. The van der Waals surface area contributed by atoms with Crippen LogP contribution in [0.1, 0.15) is 31.0 Å². The van der Waals surface area contributed by atoms with Gasteiger partial charge in [-0.1, -0.05) is 36.0 Å². The van der Waals surface area contributed by atoms with Gasteiger partial charge in [0.15, 0.2) is 5.16 Å². The number of para-hydroxylation sites is 1. The number of amides is 1. The highest BCUT2D eigenvalue weighted by molar-refractivity contribution is 7.99. The third-order valence-corrected chi connectivity index (χ3v) is 5.86. The molecule has 1 N–H and O–H groups in total. The molecule has 6 nitrogen and oxygen atoms in total. The van der Waals surface area contributed by atoms with Gasteiger partial charge < -0.3 is 10.1 Å². The lowest BCUT2D eigenvalue weighted by molar-refractivity contribution is -0.118. The largest absolute Gasteiger partial charge is 0.379 e. The summed E-state index contributed by atoms with van der Waals surface area (Å²) >= 11 is 3.10. The normalized spacial score (nSPS) is 11.1. The summed E-state index contributed by atoms with van der Waals surface area (Å²) in [5.74, 6) is 1.16. The van der Waals surface area contributed by atoms with Crippen LogP contribution in [-0.2, 0) is 16.0 Å². The molecular weight excluding hydrogens is 404 g/mol. The molecular formula is C21H26N4O2S2. The Morgan fingerprint density at radius 2 is 2.03 bits per heavy atom. The second-order valence-electron chi connectivity index (χ2n) is 6.74. The van der Waals surface area contributed by atoms with Crippen LogP contribution in [0.2, 0.25) is 0 Å². The van der Waals surface area contributed by atoms with E-state index in [-0.39, 0.29) is 12.0 Å². The van der Waals surface area contributed by atoms with Crippen molar-refractivity contribution in [2.45, 2.75) is 37.9 Å². The second-order valence-corrected chi connectivity index (χ2v) is 8.71. The maximum Gasteiger partial charge on any atom is 0.230 e. The van der Waals surface area contributed by atoms with Crippen molar-refractivity contribution in [1.29, 1.82) is 0 Å². The van der Waals surface area contributed by atoms with Crippen molar-refractivity contribution >= 4 is 29.0 Å². The van der Waals surface area contributed by atoms with Crippen molar-refractivity contribution < 1.29 is 9.53 Å². The maximum absolute atomic E-state index is 12.2. The number of hydrogen-bond donors (Lipinski definition) is 1. The third kappa shape index (κ3) is 6.69. The fourth-order valence-electron chi connectivity index (χ4n) is 2.71. The van der Waals surface area contributed by atoms with Gasteiger partial charge in [-0.3, -0.25) is 9.36 Å². The van der Waals surface area contributed by atoms with Crippen molar-refractivity contribution in [3.63, 3.8) is 0 Å². The number of nitrogens with one attached hydrogen (secondary N) is 1. The van der Waals surface area contributed by atoms with Crippen molar-refractivity contribution in [3.05, 3.63) is 58.5 Å². The van der Waals surface area contributed by atoms with Crippen LogP contribution in [-0.4, -0.2) is 45.7 Å². The lowest BCUT2D eigenvalue weighted by Gasteiger charge is -2.10. The minimum Gasteiger partial charge on any atom is -0.379 e. The van der Waals surface area contributed by atoms with E-state index >= 15 is 0 Å². The predicted molar refractivity (Wildman–Crippen MR) is 118 cm³/mol. The average molecular weight is 431 g/mol. The van der Waals surface area contributed by atoms with E-state index in [0.29, 0.717) is 25.3 Å². The highest BCUT2D eigenvalue weighted by atomic mass is 32.2. The highest BCUT2D eigenvalue weighted by Gasteiger charge is 2.16. The molecule has 0 saturated carbocycles. The van der Waals surface area contributed by atoms with E-state index in [9.17, 15) is 4.79 Å². The molecule has 8 heteroatoms. The van der Waals surface area contributed by atoms with E-state index in [1.165, 1.54) is 16.6 Å². The first-order valence-electron chi connectivity index (χ1n) is 9.66. The van der Waals surface area contributed by atoms with Gasteiger partial charge in [-0.15, -0.1) is 21.5 Å². The van der Waals surface area contributed by atoms with Crippen LogP contribution in [0.5, 0.6) is 0 Å². The van der Waals surface area contributed by atoms with E-state index in [1.54, 1.807) is 11.3 Å². The molecule has 0 aliphatic carbocycles. The number of hydrogen-bond acceptors (Lipinski definition) is 6. The minimum atomic E-state index is -0.0121. The zero-order valence-electron chi connectivity index (χ0n) is 16.7. The van der Waals surface area contributed by atoms with Gasteiger partial charge in [-0.2, -0.15) is 0 Å². The summed E-state index contributed by atoms with van der Waals surface area (Å²) in [5.41, 5.74) is 0.998. The molecule has 0 atom stereocenters. The summed E-state index contributed by atoms with van der Waals surface area (Å²) in [6.45, 7) is 5.27. The van der Waals surface area contributed by atoms with Gasteiger partial charge >= 0.3 is 0 Å². The predicted octanol–water partition coefficient (Wildman–Crippen LogP) is 3.94. The molecule has 0 saturated heterocycles. The van der Waals surface area contributed by atoms with Crippen LogP contribution < -0.4 is 5.32 Å². The number of carbonyl (C=O) groups is 1. The van der Waals surface area contributed by atoms with Crippen molar-refractivity contribution in [2.75, 3.05) is 18.9 Å². The number of ether oxygens (including phenoxy) is 1. The molecule has 0 radical (unpaired) electrons. The van der Waals surface area contributed by atoms with Crippen LogP contribution in [0.3, 0.4) is 0 Å². The van der Waals surface area contributed by atoms with E-state index in [4.69, 9.17) is 4.74 Å². The maximum atomic E-state index is 12.2. The minimum absolute atomic E-state index is 0.0121. The molecule has 2 heterocycles. The van der Waals surface area contributed by atoms with Gasteiger partial charge in [0.05, 0.1) is 11.9 Å². The standard InChI is InChI=1S/C21H26N4O2S2/c1-16(2)27-12-7-11-22-20(26)15-29-21-24-23-19(14-18-10-6-13-28-18)25(21)17-8-4-3-5-9-17/h3-6,8-10,13,16H,7,11-12,14-15H2,1-2H3,(H,22,26). The van der Waals surface area contributed by atoms with E-state index in [1.807, 2.05) is 54.8 Å². The van der Waals surface area contributed by atoms with Gasteiger partial charge in [-0.05, 0) is 43.8 Å². The smallest absolute Gasteiger partial charge is 0.230 e. The lowest BCUT2D eigenvalue weighted by atomic mass is 10.3. The summed E-state index contributed by atoms with van der Waals surface area (Å²) in [7, 11) is 0. The molecule has 154 valence electrons. The summed E-state index contributed by atoms with van der Waals surface area (Å²) in [6, 6.07) is 14.2. The molecule has 0 aliphatic heterocycles. The Morgan fingerprint density at radius 1 is 1.21 bits per heavy atom. The topological polar surface area (TPSA) is 69.0 Å². The fraction of sp³-hybridized carbons (Fsp3) is 0.381. The molecule has 2 aromatic heterocycles. The van der Waals surface area contributed by atoms with Crippen LogP contribution in [0.25, 0.3) is 5.69 Å². The molecule has 3 rings (SSSR count). The van der Waals surface area contributed by atoms with Crippen molar-refractivity contribution in [1.82, 2.24) is 20.1 Å². The zero-order chi connectivity index (χ0) is 20.5. The number of thiophene rings is 1. The van der Waals surface area contributed by atoms with Crippen LogP contribution in [0.15, 0.2) is 53.0 Å². The Kier molecular flexibility index (Phi) is 8.27. The van der Waals surface area contributed by atoms with E-state index in [0.717, 1.165) is 23.1 Å². The number of rotatable bonds is 11. The number of nitrogens with zero attached hydrogens (tertiary/aromatic N) is 3. The molecule has 0 spiro atoms. The SMILES string of the molecule is CC(C)OCCCNC(=O)CSc1nnc(Cc2cccs2)n1-c1ccccc1. The second kappa shape index (κ2) is 11.1. The molecule has 0 unspecified atom stereocenters. The number of thioether (sulfide) groups is 1. The summed E-state index contributed by atoms with van der Waals surface area (Å²) in [5, 5.41) is 14.5. The van der Waals surface area contributed by atoms with E-state index < -0.39 is 0 Å². The van der Waals surface area contributed by atoms with Crippen molar-refractivity contribution in [2.24, 2.45) is 0 Å². The lowest BCUT2D eigenvalue weighted by Crippen LogP contribution is -2.27. The molecule has 0 aliphatic rings. The van der Waals surface area contributed by atoms with Gasteiger partial charge in [0.2, 0.25) is 5.91 Å².